The average molecular weight is 213 g/mol. The normalized spacial score (nSPS) is 8.82. The molecule has 56 valence electrons. The zero-order chi connectivity index (χ0) is 8.27. The molecule has 0 fully saturated rings. The molecule has 0 atom stereocenters. The van der Waals surface area contributed by atoms with E-state index in [1.807, 2.05) is 6.07 Å². The third-order valence-electron chi connectivity index (χ3n) is 1.09. The molecule has 0 saturated carbocycles. The molecule has 0 aliphatic rings. The van der Waals surface area contributed by atoms with Crippen molar-refractivity contribution >= 4 is 21.7 Å². The Kier molecular flexibility index (Phi) is 2.39. The van der Waals surface area contributed by atoms with Gasteiger partial charge in [0.05, 0.1) is 6.20 Å². The molecule has 0 spiro atoms. The van der Waals surface area contributed by atoms with E-state index in [4.69, 9.17) is 5.26 Å². The van der Waals surface area contributed by atoms with E-state index in [0.717, 1.165) is 0 Å². The molecule has 0 unspecified atom stereocenters. The highest BCUT2D eigenvalue weighted by atomic mass is 79.9. The molecule has 0 saturated heterocycles. The first kappa shape index (κ1) is 7.95. The van der Waals surface area contributed by atoms with Crippen molar-refractivity contribution in [1.29, 1.82) is 5.26 Å². The number of halogens is 1. The minimum atomic E-state index is 0.293. The van der Waals surface area contributed by atoms with Crippen molar-refractivity contribution < 1.29 is 0 Å². The zero-order valence-corrected chi connectivity index (χ0v) is 7.38. The summed E-state index contributed by atoms with van der Waals surface area (Å²) in [5.41, 5.74) is 0.293. The van der Waals surface area contributed by atoms with Gasteiger partial charge in [0.1, 0.15) is 10.7 Å². The molecule has 11 heavy (non-hydrogen) atoms. The van der Waals surface area contributed by atoms with Gasteiger partial charge < -0.3 is 5.32 Å². The van der Waals surface area contributed by atoms with Gasteiger partial charge in [0.15, 0.2) is 11.5 Å². The molecule has 1 aromatic rings. The van der Waals surface area contributed by atoms with Gasteiger partial charge >= 0.3 is 0 Å². The Morgan fingerprint density at radius 3 is 3.00 bits per heavy atom. The van der Waals surface area contributed by atoms with Gasteiger partial charge in [-0.25, -0.2) is 9.97 Å². The Balaban J connectivity index is 3.19. The highest BCUT2D eigenvalue weighted by molar-refractivity contribution is 9.10. The third-order valence-corrected chi connectivity index (χ3v) is 1.47. The molecular weight excluding hydrogens is 208 g/mol. The van der Waals surface area contributed by atoms with Crippen molar-refractivity contribution in [2.24, 2.45) is 0 Å². The summed E-state index contributed by atoms with van der Waals surface area (Å²) < 4.78 is 0.563. The monoisotopic (exact) mass is 212 g/mol. The fourth-order valence-electron chi connectivity index (χ4n) is 0.628. The molecule has 0 radical (unpaired) electrons. The first-order valence-electron chi connectivity index (χ1n) is 2.88. The fraction of sp³-hybridized carbons (Fsp3) is 0.167. The Labute approximate surface area is 72.4 Å². The van der Waals surface area contributed by atoms with Crippen LogP contribution in [0.3, 0.4) is 0 Å². The minimum Gasteiger partial charge on any atom is -0.371 e. The second kappa shape index (κ2) is 3.30. The standard InChI is InChI=1S/C6H5BrN4/c1-9-6-4(2-8)11-5(7)3-10-6/h3H,1H3,(H,9,10). The van der Waals surface area contributed by atoms with Crippen molar-refractivity contribution in [3.8, 4) is 6.07 Å². The van der Waals surface area contributed by atoms with Crippen molar-refractivity contribution in [1.82, 2.24) is 9.97 Å². The smallest absolute Gasteiger partial charge is 0.184 e. The molecule has 1 aromatic heterocycles. The molecule has 1 N–H and O–H groups in total. The minimum absolute atomic E-state index is 0.293. The van der Waals surface area contributed by atoms with E-state index in [1.54, 1.807) is 7.05 Å². The summed E-state index contributed by atoms with van der Waals surface area (Å²) in [6.07, 6.45) is 1.53. The lowest BCUT2D eigenvalue weighted by molar-refractivity contribution is 1.12. The van der Waals surface area contributed by atoms with Crippen molar-refractivity contribution in [2.45, 2.75) is 0 Å². The number of anilines is 1. The summed E-state index contributed by atoms with van der Waals surface area (Å²) in [6, 6.07) is 1.92. The maximum atomic E-state index is 8.56. The highest BCUT2D eigenvalue weighted by Crippen LogP contribution is 2.11. The lowest BCUT2D eigenvalue weighted by Gasteiger charge is -1.99. The lowest BCUT2D eigenvalue weighted by atomic mass is 10.4. The fourth-order valence-corrected chi connectivity index (χ4v) is 0.908. The Morgan fingerprint density at radius 1 is 1.73 bits per heavy atom. The predicted molar refractivity (Wildman–Crippen MR) is 44.0 cm³/mol. The van der Waals surface area contributed by atoms with Gasteiger partial charge in [-0.15, -0.1) is 0 Å². The van der Waals surface area contributed by atoms with Crippen LogP contribution in [0.5, 0.6) is 0 Å². The Hall–Kier alpha value is -1.15. The third kappa shape index (κ3) is 1.65. The Bertz CT molecular complexity index is 304. The van der Waals surface area contributed by atoms with Crippen LogP contribution >= 0.6 is 15.9 Å². The van der Waals surface area contributed by atoms with E-state index in [9.17, 15) is 0 Å². The van der Waals surface area contributed by atoms with Crippen molar-refractivity contribution in [2.75, 3.05) is 12.4 Å². The Morgan fingerprint density at radius 2 is 2.45 bits per heavy atom. The van der Waals surface area contributed by atoms with Gasteiger partial charge in [-0.2, -0.15) is 5.26 Å². The van der Waals surface area contributed by atoms with Crippen LogP contribution in [-0.4, -0.2) is 17.0 Å². The van der Waals surface area contributed by atoms with Gasteiger partial charge in [0.2, 0.25) is 0 Å². The summed E-state index contributed by atoms with van der Waals surface area (Å²) in [7, 11) is 1.69. The number of hydrogen-bond acceptors (Lipinski definition) is 4. The number of aromatic nitrogens is 2. The first-order valence-corrected chi connectivity index (χ1v) is 3.67. The summed E-state index contributed by atoms with van der Waals surface area (Å²) in [4.78, 5) is 7.82. The summed E-state index contributed by atoms with van der Waals surface area (Å²) in [5, 5.41) is 11.3. The first-order chi connectivity index (χ1) is 5.27. The van der Waals surface area contributed by atoms with Crippen molar-refractivity contribution in [3.63, 3.8) is 0 Å². The number of nitriles is 1. The maximum absolute atomic E-state index is 8.56. The molecule has 5 heteroatoms. The molecule has 0 amide bonds. The summed E-state index contributed by atoms with van der Waals surface area (Å²) >= 11 is 3.11. The lowest BCUT2D eigenvalue weighted by Crippen LogP contribution is -1.98. The quantitative estimate of drug-likeness (QED) is 0.759. The van der Waals surface area contributed by atoms with Crippen LogP contribution in [0.4, 0.5) is 5.82 Å². The van der Waals surface area contributed by atoms with Crippen LogP contribution < -0.4 is 5.32 Å². The van der Waals surface area contributed by atoms with E-state index >= 15 is 0 Å². The number of hydrogen-bond donors (Lipinski definition) is 1. The summed E-state index contributed by atoms with van der Waals surface area (Å²) in [5.74, 6) is 0.496. The van der Waals surface area contributed by atoms with E-state index in [2.05, 4.69) is 31.2 Å². The topological polar surface area (TPSA) is 61.6 Å². The second-order valence-electron chi connectivity index (χ2n) is 1.75. The van der Waals surface area contributed by atoms with Crippen molar-refractivity contribution in [3.05, 3.63) is 16.5 Å². The molecule has 0 aliphatic heterocycles. The van der Waals surface area contributed by atoms with E-state index < -0.39 is 0 Å². The van der Waals surface area contributed by atoms with E-state index in [-0.39, 0.29) is 0 Å². The molecule has 1 heterocycles. The molecule has 1 rings (SSSR count). The van der Waals surface area contributed by atoms with Crippen LogP contribution in [0, 0.1) is 11.3 Å². The van der Waals surface area contributed by atoms with E-state index in [1.165, 1.54) is 6.20 Å². The number of nitrogens with one attached hydrogen (secondary N) is 1. The highest BCUT2D eigenvalue weighted by Gasteiger charge is 2.02. The summed E-state index contributed by atoms with van der Waals surface area (Å²) in [6.45, 7) is 0. The van der Waals surface area contributed by atoms with Crippen LogP contribution in [-0.2, 0) is 0 Å². The van der Waals surface area contributed by atoms with Crippen LogP contribution in [0.15, 0.2) is 10.8 Å². The van der Waals surface area contributed by atoms with Crippen LogP contribution in [0.25, 0.3) is 0 Å². The predicted octanol–water partition coefficient (Wildman–Crippen LogP) is 1.15. The molecule has 0 aliphatic carbocycles. The molecule has 0 bridgehead atoms. The van der Waals surface area contributed by atoms with Gasteiger partial charge in [-0.1, -0.05) is 0 Å². The zero-order valence-electron chi connectivity index (χ0n) is 5.80. The van der Waals surface area contributed by atoms with Crippen LogP contribution in [0.1, 0.15) is 5.69 Å². The largest absolute Gasteiger partial charge is 0.371 e. The van der Waals surface area contributed by atoms with Gasteiger partial charge in [0.25, 0.3) is 0 Å². The van der Waals surface area contributed by atoms with Gasteiger partial charge in [-0.3, -0.25) is 0 Å². The number of nitrogens with zero attached hydrogens (tertiary/aromatic N) is 3. The van der Waals surface area contributed by atoms with Gasteiger partial charge in [-0.05, 0) is 15.9 Å². The van der Waals surface area contributed by atoms with Gasteiger partial charge in [0, 0.05) is 7.05 Å². The van der Waals surface area contributed by atoms with E-state index in [0.29, 0.717) is 16.1 Å². The average Bonchev–Trinajstić information content (AvgIpc) is 2.04. The second-order valence-corrected chi connectivity index (χ2v) is 2.56. The maximum Gasteiger partial charge on any atom is 0.184 e. The SMILES string of the molecule is CNc1ncc(Br)nc1C#N. The molecule has 0 aromatic carbocycles. The molecule has 4 nitrogen and oxygen atoms in total. The number of rotatable bonds is 1. The molecular formula is C6H5BrN4. The van der Waals surface area contributed by atoms with Crippen LogP contribution in [0.2, 0.25) is 0 Å².